The second kappa shape index (κ2) is 7.18. The first-order valence-corrected chi connectivity index (χ1v) is 9.42. The zero-order valence-corrected chi connectivity index (χ0v) is 15.1. The SMILES string of the molecule is CN(C)S(=O)(=O)CCNC(=O)c1ccc(-c2cnc3nncn3c2)cc1. The van der Waals surface area contributed by atoms with Crippen molar-refractivity contribution < 1.29 is 13.2 Å². The molecule has 0 atom stereocenters. The predicted octanol–water partition coefficient (Wildman–Crippen LogP) is 0.413. The van der Waals surface area contributed by atoms with E-state index in [2.05, 4.69) is 20.5 Å². The molecule has 0 aliphatic carbocycles. The van der Waals surface area contributed by atoms with Crippen molar-refractivity contribution in [3.8, 4) is 11.1 Å². The van der Waals surface area contributed by atoms with Crippen LogP contribution in [-0.2, 0) is 10.0 Å². The second-order valence-electron chi connectivity index (χ2n) is 5.81. The van der Waals surface area contributed by atoms with E-state index in [4.69, 9.17) is 0 Å². The minimum absolute atomic E-state index is 0.0509. The molecular formula is C16H18N6O3S. The molecule has 0 aliphatic heterocycles. The highest BCUT2D eigenvalue weighted by molar-refractivity contribution is 7.89. The van der Waals surface area contributed by atoms with Crippen molar-refractivity contribution in [3.05, 3.63) is 48.5 Å². The Morgan fingerprint density at radius 1 is 1.19 bits per heavy atom. The highest BCUT2D eigenvalue weighted by Gasteiger charge is 2.14. The van der Waals surface area contributed by atoms with Crippen LogP contribution in [-0.4, -0.2) is 64.6 Å². The number of hydrogen-bond acceptors (Lipinski definition) is 6. The zero-order valence-electron chi connectivity index (χ0n) is 14.3. The first-order chi connectivity index (χ1) is 12.4. The standard InChI is InChI=1S/C16H18N6O3S/c1-21(2)26(24,25)8-7-17-15(23)13-5-3-12(4-6-13)14-9-18-16-20-19-11-22(16)10-14/h3-6,9-11H,7-8H2,1-2H3,(H,17,23). The van der Waals surface area contributed by atoms with Crippen molar-refractivity contribution in [1.82, 2.24) is 29.2 Å². The Bertz CT molecular complexity index is 1030. The van der Waals surface area contributed by atoms with E-state index >= 15 is 0 Å². The summed E-state index contributed by atoms with van der Waals surface area (Å²) in [6.07, 6.45) is 5.10. The van der Waals surface area contributed by atoms with Crippen LogP contribution in [0, 0.1) is 0 Å². The quantitative estimate of drug-likeness (QED) is 0.669. The average Bonchev–Trinajstić information content (AvgIpc) is 3.09. The number of benzene rings is 1. The van der Waals surface area contributed by atoms with Gasteiger partial charge < -0.3 is 5.32 Å². The lowest BCUT2D eigenvalue weighted by Gasteiger charge is -2.11. The number of carbonyl (C=O) groups excluding carboxylic acids is 1. The number of hydrogen-bond donors (Lipinski definition) is 1. The normalized spacial score (nSPS) is 11.8. The van der Waals surface area contributed by atoms with Crippen molar-refractivity contribution >= 4 is 21.7 Å². The lowest BCUT2D eigenvalue weighted by Crippen LogP contribution is -2.33. The van der Waals surface area contributed by atoms with Gasteiger partial charge in [-0.2, -0.15) is 0 Å². The number of nitrogens with zero attached hydrogens (tertiary/aromatic N) is 5. The third-order valence-corrected chi connectivity index (χ3v) is 5.67. The summed E-state index contributed by atoms with van der Waals surface area (Å²) in [7, 11) is -0.412. The molecule has 0 bridgehead atoms. The van der Waals surface area contributed by atoms with Gasteiger partial charge in [-0.05, 0) is 17.7 Å². The molecule has 10 heteroatoms. The summed E-state index contributed by atoms with van der Waals surface area (Å²) >= 11 is 0. The molecule has 3 aromatic rings. The summed E-state index contributed by atoms with van der Waals surface area (Å²) in [6.45, 7) is 0.0509. The number of nitrogens with one attached hydrogen (secondary N) is 1. The fourth-order valence-corrected chi connectivity index (χ4v) is 3.00. The third-order valence-electron chi connectivity index (χ3n) is 3.83. The van der Waals surface area contributed by atoms with Gasteiger partial charge in [0.25, 0.3) is 11.7 Å². The minimum Gasteiger partial charge on any atom is -0.351 e. The molecule has 2 aromatic heterocycles. The van der Waals surface area contributed by atoms with Crippen LogP contribution in [0.1, 0.15) is 10.4 Å². The van der Waals surface area contributed by atoms with Crippen molar-refractivity contribution in [2.24, 2.45) is 0 Å². The van der Waals surface area contributed by atoms with Crippen LogP contribution in [0.3, 0.4) is 0 Å². The number of rotatable bonds is 6. The van der Waals surface area contributed by atoms with Gasteiger partial charge in [-0.1, -0.05) is 12.1 Å². The molecule has 1 N–H and O–H groups in total. The Morgan fingerprint density at radius 2 is 1.92 bits per heavy atom. The topological polar surface area (TPSA) is 110 Å². The number of sulfonamides is 1. The zero-order chi connectivity index (χ0) is 18.7. The second-order valence-corrected chi connectivity index (χ2v) is 8.11. The summed E-state index contributed by atoms with van der Waals surface area (Å²) in [4.78, 5) is 16.3. The average molecular weight is 374 g/mol. The maximum atomic E-state index is 12.1. The van der Waals surface area contributed by atoms with E-state index in [9.17, 15) is 13.2 Å². The van der Waals surface area contributed by atoms with Gasteiger partial charge in [-0.3, -0.25) is 9.20 Å². The summed E-state index contributed by atoms with van der Waals surface area (Å²) in [5.41, 5.74) is 2.20. The Hall–Kier alpha value is -2.85. The molecule has 1 amide bonds. The molecule has 2 heterocycles. The molecule has 136 valence electrons. The monoisotopic (exact) mass is 374 g/mol. The van der Waals surface area contributed by atoms with Gasteiger partial charge in [0.15, 0.2) is 0 Å². The predicted molar refractivity (Wildman–Crippen MR) is 96.0 cm³/mol. The van der Waals surface area contributed by atoms with Crippen LogP contribution < -0.4 is 5.32 Å². The summed E-state index contributed by atoms with van der Waals surface area (Å²) < 4.78 is 26.2. The Labute approximate surface area is 150 Å². The molecule has 1 aromatic carbocycles. The Balaban J connectivity index is 1.66. The first-order valence-electron chi connectivity index (χ1n) is 7.81. The van der Waals surface area contributed by atoms with E-state index < -0.39 is 10.0 Å². The molecule has 0 saturated carbocycles. The third kappa shape index (κ3) is 3.86. The molecule has 0 unspecified atom stereocenters. The molecule has 0 fully saturated rings. The van der Waals surface area contributed by atoms with E-state index in [1.807, 2.05) is 6.20 Å². The number of amides is 1. The van der Waals surface area contributed by atoms with E-state index in [1.54, 1.807) is 41.2 Å². The maximum Gasteiger partial charge on any atom is 0.254 e. The summed E-state index contributed by atoms with van der Waals surface area (Å²) in [6, 6.07) is 6.97. The fourth-order valence-electron chi connectivity index (χ4n) is 2.27. The maximum absolute atomic E-state index is 12.1. The Kier molecular flexibility index (Phi) is 4.96. The highest BCUT2D eigenvalue weighted by atomic mass is 32.2. The molecular weight excluding hydrogens is 356 g/mol. The van der Waals surface area contributed by atoms with Crippen molar-refractivity contribution in [1.29, 1.82) is 0 Å². The van der Waals surface area contributed by atoms with E-state index in [0.29, 0.717) is 11.3 Å². The van der Waals surface area contributed by atoms with Crippen LogP contribution in [0.5, 0.6) is 0 Å². The number of carbonyl (C=O) groups is 1. The lowest BCUT2D eigenvalue weighted by molar-refractivity contribution is 0.0956. The fraction of sp³-hybridized carbons (Fsp3) is 0.250. The van der Waals surface area contributed by atoms with Crippen LogP contribution in [0.4, 0.5) is 0 Å². The molecule has 9 nitrogen and oxygen atoms in total. The van der Waals surface area contributed by atoms with Gasteiger partial charge in [0.1, 0.15) is 6.33 Å². The van der Waals surface area contributed by atoms with Gasteiger partial charge in [0.2, 0.25) is 10.0 Å². The lowest BCUT2D eigenvalue weighted by atomic mass is 10.1. The summed E-state index contributed by atoms with van der Waals surface area (Å²) in [5.74, 6) is 0.0457. The van der Waals surface area contributed by atoms with Gasteiger partial charge in [0, 0.05) is 44.2 Å². The van der Waals surface area contributed by atoms with Crippen LogP contribution >= 0.6 is 0 Å². The number of fused-ring (bicyclic) bond motifs is 1. The van der Waals surface area contributed by atoms with E-state index in [1.165, 1.54) is 14.1 Å². The van der Waals surface area contributed by atoms with Gasteiger partial charge in [0.05, 0.1) is 5.75 Å². The van der Waals surface area contributed by atoms with E-state index in [-0.39, 0.29) is 18.2 Å². The van der Waals surface area contributed by atoms with E-state index in [0.717, 1.165) is 15.4 Å². The van der Waals surface area contributed by atoms with Gasteiger partial charge in [-0.15, -0.1) is 10.2 Å². The first kappa shape index (κ1) is 18.0. The Morgan fingerprint density at radius 3 is 2.62 bits per heavy atom. The van der Waals surface area contributed by atoms with Gasteiger partial charge >= 0.3 is 0 Å². The smallest absolute Gasteiger partial charge is 0.254 e. The minimum atomic E-state index is -3.33. The van der Waals surface area contributed by atoms with Crippen molar-refractivity contribution in [3.63, 3.8) is 0 Å². The molecule has 3 rings (SSSR count). The van der Waals surface area contributed by atoms with Crippen LogP contribution in [0.2, 0.25) is 0 Å². The molecule has 26 heavy (non-hydrogen) atoms. The number of aromatic nitrogens is 4. The molecule has 0 radical (unpaired) electrons. The van der Waals surface area contributed by atoms with Crippen molar-refractivity contribution in [2.45, 2.75) is 0 Å². The summed E-state index contributed by atoms with van der Waals surface area (Å²) in [5, 5.41) is 10.2. The molecule has 0 saturated heterocycles. The van der Waals surface area contributed by atoms with Crippen LogP contribution in [0.25, 0.3) is 16.9 Å². The largest absolute Gasteiger partial charge is 0.351 e. The molecule has 0 spiro atoms. The molecule has 0 aliphatic rings. The van der Waals surface area contributed by atoms with Crippen LogP contribution in [0.15, 0.2) is 43.0 Å². The highest BCUT2D eigenvalue weighted by Crippen LogP contribution is 2.19. The van der Waals surface area contributed by atoms with Crippen molar-refractivity contribution in [2.75, 3.05) is 26.4 Å². The van der Waals surface area contributed by atoms with Gasteiger partial charge in [-0.25, -0.2) is 17.7 Å².